The van der Waals surface area contributed by atoms with Gasteiger partial charge < -0.3 is 21.7 Å². The van der Waals surface area contributed by atoms with Crippen LogP contribution in [0.3, 0.4) is 0 Å². The maximum atomic E-state index is 10.4. The summed E-state index contributed by atoms with van der Waals surface area (Å²) < 4.78 is 0. The molecular formula is C7H15N2NaO4. The molecule has 0 atom stereocenters. The third kappa shape index (κ3) is 7.28. The molecule has 14 heavy (non-hydrogen) atoms. The summed E-state index contributed by atoms with van der Waals surface area (Å²) in [5.74, 6) is -2.18. The molecule has 0 heterocycles. The first-order valence-electron chi connectivity index (χ1n) is 3.89. The van der Waals surface area contributed by atoms with Crippen molar-refractivity contribution >= 4 is 41.5 Å². The quantitative estimate of drug-likeness (QED) is 0.247. The van der Waals surface area contributed by atoms with Gasteiger partial charge in [0.25, 0.3) is 0 Å². The molecule has 0 saturated heterocycles. The standard InChI is InChI=1S/C7H14N2O4.Na.H/c8-7(9,6(12)13)4-2-1-3-5(10)11;;/h1-4,8-9H2,(H,10,11)(H,12,13);;. The molecule has 6 nitrogen and oxygen atoms in total. The van der Waals surface area contributed by atoms with Crippen molar-refractivity contribution < 1.29 is 19.8 Å². The van der Waals surface area contributed by atoms with E-state index in [1.807, 2.05) is 0 Å². The van der Waals surface area contributed by atoms with Crippen molar-refractivity contribution in [1.29, 1.82) is 0 Å². The van der Waals surface area contributed by atoms with Gasteiger partial charge >= 0.3 is 41.5 Å². The fraction of sp³-hybridized carbons (Fsp3) is 0.714. The van der Waals surface area contributed by atoms with Gasteiger partial charge in [-0.25, -0.2) is 4.79 Å². The molecule has 0 aliphatic rings. The summed E-state index contributed by atoms with van der Waals surface area (Å²) in [7, 11) is 0. The molecule has 0 rings (SSSR count). The number of carboxylic acid groups (broad SMARTS) is 2. The second-order valence-corrected chi connectivity index (χ2v) is 2.95. The first-order valence-corrected chi connectivity index (χ1v) is 3.89. The van der Waals surface area contributed by atoms with E-state index in [-0.39, 0.29) is 42.4 Å². The Morgan fingerprint density at radius 1 is 1.14 bits per heavy atom. The van der Waals surface area contributed by atoms with Crippen LogP contribution in [0.4, 0.5) is 0 Å². The zero-order chi connectivity index (χ0) is 10.5. The van der Waals surface area contributed by atoms with Gasteiger partial charge in [-0.3, -0.25) is 4.79 Å². The van der Waals surface area contributed by atoms with Crippen LogP contribution in [-0.4, -0.2) is 57.4 Å². The molecule has 0 fully saturated rings. The van der Waals surface area contributed by atoms with E-state index < -0.39 is 17.6 Å². The van der Waals surface area contributed by atoms with Crippen LogP contribution in [-0.2, 0) is 9.59 Å². The number of carboxylic acids is 2. The molecule has 78 valence electrons. The Bertz CT molecular complexity index is 208. The zero-order valence-electron chi connectivity index (χ0n) is 7.19. The van der Waals surface area contributed by atoms with Gasteiger partial charge in [-0.2, -0.15) is 0 Å². The Kier molecular flexibility index (Phi) is 8.37. The molecule has 0 saturated carbocycles. The molecule has 6 N–H and O–H groups in total. The van der Waals surface area contributed by atoms with Crippen LogP contribution in [0.2, 0.25) is 0 Å². The van der Waals surface area contributed by atoms with E-state index in [0.29, 0.717) is 12.8 Å². The van der Waals surface area contributed by atoms with Crippen molar-refractivity contribution in [2.45, 2.75) is 31.3 Å². The number of aliphatic carboxylic acids is 2. The molecular weight excluding hydrogens is 199 g/mol. The van der Waals surface area contributed by atoms with Gasteiger partial charge in [-0.15, -0.1) is 0 Å². The molecule has 7 heteroatoms. The van der Waals surface area contributed by atoms with Crippen molar-refractivity contribution in [3.63, 3.8) is 0 Å². The minimum atomic E-state index is -1.74. The van der Waals surface area contributed by atoms with Gasteiger partial charge in [0, 0.05) is 6.42 Å². The summed E-state index contributed by atoms with van der Waals surface area (Å²) in [6.07, 6.45) is 0.871. The van der Waals surface area contributed by atoms with E-state index in [0.717, 1.165) is 0 Å². The second kappa shape index (κ2) is 7.19. The number of hydrogen-bond donors (Lipinski definition) is 4. The van der Waals surface area contributed by atoms with Crippen LogP contribution in [0.5, 0.6) is 0 Å². The number of carbonyl (C=O) groups is 2. The molecule has 0 radical (unpaired) electrons. The average molecular weight is 214 g/mol. The van der Waals surface area contributed by atoms with Crippen molar-refractivity contribution in [3.05, 3.63) is 0 Å². The van der Waals surface area contributed by atoms with Gasteiger partial charge in [-0.1, -0.05) is 0 Å². The van der Waals surface area contributed by atoms with Crippen LogP contribution >= 0.6 is 0 Å². The minimum absolute atomic E-state index is 0. The van der Waals surface area contributed by atoms with Gasteiger partial charge in [0.1, 0.15) is 0 Å². The Balaban J connectivity index is 0. The number of unbranched alkanes of at least 4 members (excludes halogenated alkanes) is 1. The first kappa shape index (κ1) is 16.3. The van der Waals surface area contributed by atoms with Gasteiger partial charge in [0.15, 0.2) is 5.66 Å². The molecule has 0 amide bonds. The molecule has 0 spiro atoms. The van der Waals surface area contributed by atoms with Gasteiger partial charge in [0.2, 0.25) is 0 Å². The summed E-state index contributed by atoms with van der Waals surface area (Å²) in [6, 6.07) is 0. The Morgan fingerprint density at radius 2 is 1.64 bits per heavy atom. The Hall–Kier alpha value is -0.140. The number of nitrogens with two attached hydrogens (primary N) is 2. The van der Waals surface area contributed by atoms with E-state index in [1.54, 1.807) is 0 Å². The van der Waals surface area contributed by atoms with E-state index in [1.165, 1.54) is 0 Å². The van der Waals surface area contributed by atoms with E-state index in [9.17, 15) is 9.59 Å². The van der Waals surface area contributed by atoms with E-state index >= 15 is 0 Å². The summed E-state index contributed by atoms with van der Waals surface area (Å²) in [4.78, 5) is 20.5. The third-order valence-corrected chi connectivity index (χ3v) is 1.63. The third-order valence-electron chi connectivity index (χ3n) is 1.63. The first-order chi connectivity index (χ1) is 5.86. The molecule has 0 aromatic heterocycles. The summed E-state index contributed by atoms with van der Waals surface area (Å²) in [5.41, 5.74) is 8.68. The van der Waals surface area contributed by atoms with Crippen LogP contribution in [0.25, 0.3) is 0 Å². The molecule has 0 aromatic carbocycles. The predicted molar refractivity (Wildman–Crippen MR) is 52.0 cm³/mol. The van der Waals surface area contributed by atoms with Crippen molar-refractivity contribution in [1.82, 2.24) is 0 Å². The van der Waals surface area contributed by atoms with Gasteiger partial charge in [-0.05, 0) is 19.3 Å². The number of rotatable bonds is 6. The SMILES string of the molecule is NC(N)(CCCCC(=O)O)C(=O)O.[NaH]. The fourth-order valence-corrected chi connectivity index (χ4v) is 0.801. The average Bonchev–Trinajstić information content (AvgIpc) is 1.97. The van der Waals surface area contributed by atoms with E-state index in [4.69, 9.17) is 21.7 Å². The molecule has 0 aliphatic heterocycles. The molecule has 0 bridgehead atoms. The Labute approximate surface area is 104 Å². The topological polar surface area (TPSA) is 127 Å². The van der Waals surface area contributed by atoms with Crippen LogP contribution < -0.4 is 11.5 Å². The molecule has 0 aliphatic carbocycles. The zero-order valence-corrected chi connectivity index (χ0v) is 7.19. The van der Waals surface area contributed by atoms with Crippen molar-refractivity contribution in [2.24, 2.45) is 11.5 Å². The van der Waals surface area contributed by atoms with Crippen molar-refractivity contribution in [3.8, 4) is 0 Å². The number of hydrogen-bond acceptors (Lipinski definition) is 4. The van der Waals surface area contributed by atoms with E-state index in [2.05, 4.69) is 0 Å². The maximum absolute atomic E-state index is 10.4. The van der Waals surface area contributed by atoms with Crippen LogP contribution in [0.15, 0.2) is 0 Å². The second-order valence-electron chi connectivity index (χ2n) is 2.95. The van der Waals surface area contributed by atoms with Crippen LogP contribution in [0.1, 0.15) is 25.7 Å². The van der Waals surface area contributed by atoms with Gasteiger partial charge in [0.05, 0.1) is 0 Å². The monoisotopic (exact) mass is 214 g/mol. The fourth-order valence-electron chi connectivity index (χ4n) is 0.801. The summed E-state index contributed by atoms with van der Waals surface area (Å²) >= 11 is 0. The summed E-state index contributed by atoms with van der Waals surface area (Å²) in [5, 5.41) is 16.8. The predicted octanol–water partition coefficient (Wildman–Crippen LogP) is -1.32. The molecule has 0 unspecified atom stereocenters. The van der Waals surface area contributed by atoms with Crippen LogP contribution in [0, 0.1) is 0 Å². The molecule has 0 aromatic rings. The normalized spacial score (nSPS) is 10.4. The van der Waals surface area contributed by atoms with Crippen molar-refractivity contribution in [2.75, 3.05) is 0 Å². The summed E-state index contributed by atoms with van der Waals surface area (Å²) in [6.45, 7) is 0. The Morgan fingerprint density at radius 3 is 2.00 bits per heavy atom.